The molecule has 0 unspecified atom stereocenters. The lowest BCUT2D eigenvalue weighted by Crippen LogP contribution is -2.37. The Bertz CT molecular complexity index is 843. The third-order valence-corrected chi connectivity index (χ3v) is 4.26. The molecule has 0 bridgehead atoms. The number of ether oxygens (including phenoxy) is 1. The maximum Gasteiger partial charge on any atom is 0.314 e. The molecule has 0 radical (unpaired) electrons. The highest BCUT2D eigenvalue weighted by Crippen LogP contribution is 2.26. The summed E-state index contributed by atoms with van der Waals surface area (Å²) in [6.45, 7) is 4.16. The van der Waals surface area contributed by atoms with Crippen LogP contribution in [0.1, 0.15) is 17.3 Å². The van der Waals surface area contributed by atoms with E-state index >= 15 is 0 Å². The van der Waals surface area contributed by atoms with Gasteiger partial charge in [0.25, 0.3) is 0 Å². The minimum Gasteiger partial charge on any atom is -0.378 e. The Morgan fingerprint density at radius 3 is 2.19 bits per heavy atom. The Balaban J connectivity index is 1.66. The number of para-hydroxylation sites is 2. The molecule has 140 valence electrons. The SMILES string of the molecule is CC(=O)c1ccc(NC(=O)C(=O)Nc2ccccc2N2CCOCC2)cc1. The van der Waals surface area contributed by atoms with E-state index in [0.717, 1.165) is 18.8 Å². The largest absolute Gasteiger partial charge is 0.378 e. The predicted octanol–water partition coefficient (Wildman–Crippen LogP) is 2.30. The summed E-state index contributed by atoms with van der Waals surface area (Å²) in [5.74, 6) is -1.60. The summed E-state index contributed by atoms with van der Waals surface area (Å²) in [7, 11) is 0. The molecule has 3 rings (SSSR count). The van der Waals surface area contributed by atoms with Gasteiger partial charge in [0.15, 0.2) is 5.78 Å². The van der Waals surface area contributed by atoms with Crippen molar-refractivity contribution in [3.8, 4) is 0 Å². The van der Waals surface area contributed by atoms with Crippen molar-refractivity contribution in [2.75, 3.05) is 41.8 Å². The average molecular weight is 367 g/mol. The first-order valence-electron chi connectivity index (χ1n) is 8.69. The maximum absolute atomic E-state index is 12.3. The van der Waals surface area contributed by atoms with Gasteiger partial charge in [-0.1, -0.05) is 12.1 Å². The van der Waals surface area contributed by atoms with Gasteiger partial charge in [0.05, 0.1) is 24.6 Å². The third kappa shape index (κ3) is 4.71. The molecule has 0 aliphatic carbocycles. The Kier molecular flexibility index (Phi) is 5.83. The van der Waals surface area contributed by atoms with Crippen LogP contribution in [0, 0.1) is 0 Å². The minimum absolute atomic E-state index is 0.0645. The van der Waals surface area contributed by atoms with Crippen LogP contribution < -0.4 is 15.5 Å². The van der Waals surface area contributed by atoms with Crippen molar-refractivity contribution >= 4 is 34.7 Å². The van der Waals surface area contributed by atoms with Crippen LogP contribution in [-0.2, 0) is 14.3 Å². The highest BCUT2D eigenvalue weighted by molar-refractivity contribution is 6.43. The zero-order chi connectivity index (χ0) is 19.2. The summed E-state index contributed by atoms with van der Waals surface area (Å²) < 4.78 is 5.36. The first-order valence-corrected chi connectivity index (χ1v) is 8.69. The summed E-state index contributed by atoms with van der Waals surface area (Å²) in [4.78, 5) is 37.9. The maximum atomic E-state index is 12.3. The van der Waals surface area contributed by atoms with Gasteiger partial charge in [-0.15, -0.1) is 0 Å². The molecule has 27 heavy (non-hydrogen) atoms. The fourth-order valence-electron chi connectivity index (χ4n) is 2.81. The quantitative estimate of drug-likeness (QED) is 0.640. The molecular formula is C20H21N3O4. The summed E-state index contributed by atoms with van der Waals surface area (Å²) in [5, 5.41) is 5.20. The Hall–Kier alpha value is -3.19. The number of hydrogen-bond acceptors (Lipinski definition) is 5. The summed E-state index contributed by atoms with van der Waals surface area (Å²) in [5.41, 5.74) is 2.41. The average Bonchev–Trinajstić information content (AvgIpc) is 2.69. The zero-order valence-corrected chi connectivity index (χ0v) is 15.0. The van der Waals surface area contributed by atoms with Crippen LogP contribution in [0.4, 0.5) is 17.1 Å². The van der Waals surface area contributed by atoms with Gasteiger partial charge in [0.2, 0.25) is 0 Å². The molecule has 1 aliphatic heterocycles. The van der Waals surface area contributed by atoms with Crippen molar-refractivity contribution in [2.24, 2.45) is 0 Å². The summed E-state index contributed by atoms with van der Waals surface area (Å²) in [6.07, 6.45) is 0. The Morgan fingerprint density at radius 2 is 1.52 bits per heavy atom. The highest BCUT2D eigenvalue weighted by atomic mass is 16.5. The fraction of sp³-hybridized carbons (Fsp3) is 0.250. The molecule has 0 aromatic heterocycles. The molecule has 7 heteroatoms. The molecule has 0 spiro atoms. The normalized spacial score (nSPS) is 13.7. The van der Waals surface area contributed by atoms with Gasteiger partial charge in [0, 0.05) is 24.3 Å². The van der Waals surface area contributed by atoms with E-state index in [-0.39, 0.29) is 5.78 Å². The second kappa shape index (κ2) is 8.46. The topological polar surface area (TPSA) is 87.7 Å². The Labute approximate surface area is 157 Å². The molecule has 1 aliphatic rings. The molecule has 1 fully saturated rings. The molecule has 2 N–H and O–H groups in total. The van der Waals surface area contributed by atoms with Crippen molar-refractivity contribution in [2.45, 2.75) is 6.92 Å². The molecule has 2 amide bonds. The predicted molar refractivity (Wildman–Crippen MR) is 103 cm³/mol. The number of Topliss-reactive ketones (excluding diaryl/α,β-unsaturated/α-hetero) is 1. The lowest BCUT2D eigenvalue weighted by atomic mass is 10.1. The van der Waals surface area contributed by atoms with E-state index in [1.165, 1.54) is 6.92 Å². The first-order chi connectivity index (χ1) is 13.0. The van der Waals surface area contributed by atoms with Crippen LogP contribution >= 0.6 is 0 Å². The van der Waals surface area contributed by atoms with Crippen LogP contribution in [0.15, 0.2) is 48.5 Å². The van der Waals surface area contributed by atoms with Crippen LogP contribution in [0.2, 0.25) is 0 Å². The van der Waals surface area contributed by atoms with Gasteiger partial charge in [-0.2, -0.15) is 0 Å². The van der Waals surface area contributed by atoms with Gasteiger partial charge in [-0.25, -0.2) is 0 Å². The van der Waals surface area contributed by atoms with E-state index in [4.69, 9.17) is 4.74 Å². The molecule has 0 atom stereocenters. The molecule has 2 aromatic carbocycles. The van der Waals surface area contributed by atoms with Crippen molar-refractivity contribution in [1.29, 1.82) is 0 Å². The lowest BCUT2D eigenvalue weighted by Gasteiger charge is -2.30. The van der Waals surface area contributed by atoms with E-state index in [1.807, 2.05) is 12.1 Å². The van der Waals surface area contributed by atoms with Gasteiger partial charge in [-0.3, -0.25) is 14.4 Å². The van der Waals surface area contributed by atoms with E-state index < -0.39 is 11.8 Å². The van der Waals surface area contributed by atoms with Crippen molar-refractivity contribution in [3.63, 3.8) is 0 Å². The molecule has 0 saturated carbocycles. The molecule has 7 nitrogen and oxygen atoms in total. The molecular weight excluding hydrogens is 346 g/mol. The standard InChI is InChI=1S/C20H21N3O4/c1-14(24)15-6-8-16(9-7-15)21-19(25)20(26)22-17-4-2-3-5-18(17)23-10-12-27-13-11-23/h2-9H,10-13H2,1H3,(H,21,25)(H,22,26). The number of carbonyl (C=O) groups excluding carboxylic acids is 3. The van der Waals surface area contributed by atoms with Gasteiger partial charge in [-0.05, 0) is 43.3 Å². The smallest absolute Gasteiger partial charge is 0.314 e. The first kappa shape index (κ1) is 18.6. The number of nitrogens with one attached hydrogen (secondary N) is 2. The van der Waals surface area contributed by atoms with E-state index in [1.54, 1.807) is 36.4 Å². The number of carbonyl (C=O) groups is 3. The van der Waals surface area contributed by atoms with Crippen LogP contribution in [0.5, 0.6) is 0 Å². The van der Waals surface area contributed by atoms with Gasteiger partial charge >= 0.3 is 11.8 Å². The second-order valence-electron chi connectivity index (χ2n) is 6.16. The summed E-state index contributed by atoms with van der Waals surface area (Å²) >= 11 is 0. The number of hydrogen-bond donors (Lipinski definition) is 2. The monoisotopic (exact) mass is 367 g/mol. The number of nitrogens with zero attached hydrogens (tertiary/aromatic N) is 1. The van der Waals surface area contributed by atoms with Crippen LogP contribution in [0.25, 0.3) is 0 Å². The van der Waals surface area contributed by atoms with Crippen molar-refractivity contribution in [3.05, 3.63) is 54.1 Å². The number of benzene rings is 2. The number of anilines is 3. The molecule has 1 saturated heterocycles. The number of morpholine rings is 1. The van der Waals surface area contributed by atoms with E-state index in [9.17, 15) is 14.4 Å². The van der Waals surface area contributed by atoms with Crippen molar-refractivity contribution < 1.29 is 19.1 Å². The van der Waals surface area contributed by atoms with Crippen LogP contribution in [-0.4, -0.2) is 43.9 Å². The third-order valence-electron chi connectivity index (χ3n) is 4.26. The highest BCUT2D eigenvalue weighted by Gasteiger charge is 2.19. The van der Waals surface area contributed by atoms with Crippen molar-refractivity contribution in [1.82, 2.24) is 0 Å². The van der Waals surface area contributed by atoms with E-state index in [0.29, 0.717) is 30.2 Å². The molecule has 2 aromatic rings. The minimum atomic E-state index is -0.776. The lowest BCUT2D eigenvalue weighted by molar-refractivity contribution is -0.132. The fourth-order valence-corrected chi connectivity index (χ4v) is 2.81. The Morgan fingerprint density at radius 1 is 0.889 bits per heavy atom. The number of amides is 2. The second-order valence-corrected chi connectivity index (χ2v) is 6.16. The summed E-state index contributed by atoms with van der Waals surface area (Å²) in [6, 6.07) is 13.7. The van der Waals surface area contributed by atoms with Crippen LogP contribution in [0.3, 0.4) is 0 Å². The number of ketones is 1. The van der Waals surface area contributed by atoms with Gasteiger partial charge < -0.3 is 20.3 Å². The van der Waals surface area contributed by atoms with E-state index in [2.05, 4.69) is 15.5 Å². The zero-order valence-electron chi connectivity index (χ0n) is 15.0. The number of rotatable bonds is 4. The molecule has 1 heterocycles. The van der Waals surface area contributed by atoms with Gasteiger partial charge in [0.1, 0.15) is 0 Å².